The predicted octanol–water partition coefficient (Wildman–Crippen LogP) is 1.88. The summed E-state index contributed by atoms with van der Waals surface area (Å²) >= 11 is 0. The molecule has 0 unspecified atom stereocenters. The fourth-order valence-electron chi connectivity index (χ4n) is 1.68. The molecule has 0 bridgehead atoms. The number of fused-ring (bicyclic) bond motifs is 1. The van der Waals surface area contributed by atoms with E-state index in [-0.39, 0.29) is 0 Å². The standard InChI is InChI=1S/C11H16N4/c1-5-8-6-9(12-3)10-11(14-8)15(4)7(2)13-10/h6H,5H2,1-4H3,(H,12,14). The maximum atomic E-state index is 4.58. The number of pyridine rings is 1. The zero-order valence-corrected chi connectivity index (χ0v) is 9.63. The monoisotopic (exact) mass is 204 g/mol. The average molecular weight is 204 g/mol. The number of nitrogens with zero attached hydrogens (tertiary/aromatic N) is 3. The van der Waals surface area contributed by atoms with Crippen molar-refractivity contribution in [3.63, 3.8) is 0 Å². The molecule has 0 amide bonds. The van der Waals surface area contributed by atoms with Crippen LogP contribution in [-0.2, 0) is 13.5 Å². The Morgan fingerprint density at radius 2 is 2.13 bits per heavy atom. The second-order valence-electron chi connectivity index (χ2n) is 3.65. The van der Waals surface area contributed by atoms with Crippen LogP contribution in [0.1, 0.15) is 18.4 Å². The van der Waals surface area contributed by atoms with Gasteiger partial charge in [-0.15, -0.1) is 0 Å². The third-order valence-electron chi connectivity index (χ3n) is 2.74. The Balaban J connectivity index is 2.80. The van der Waals surface area contributed by atoms with Gasteiger partial charge in [0.2, 0.25) is 0 Å². The zero-order valence-electron chi connectivity index (χ0n) is 9.63. The van der Waals surface area contributed by atoms with Crippen LogP contribution in [0.2, 0.25) is 0 Å². The van der Waals surface area contributed by atoms with Crippen LogP contribution in [0.5, 0.6) is 0 Å². The van der Waals surface area contributed by atoms with Crippen LogP contribution in [0, 0.1) is 6.92 Å². The van der Waals surface area contributed by atoms with Gasteiger partial charge in [-0.25, -0.2) is 9.97 Å². The van der Waals surface area contributed by atoms with Gasteiger partial charge in [0.25, 0.3) is 0 Å². The Hall–Kier alpha value is -1.58. The van der Waals surface area contributed by atoms with Crippen molar-refractivity contribution in [1.82, 2.24) is 14.5 Å². The Bertz CT molecular complexity index is 499. The maximum Gasteiger partial charge on any atom is 0.162 e. The molecule has 80 valence electrons. The molecule has 1 N–H and O–H groups in total. The molecule has 0 spiro atoms. The number of aromatic nitrogens is 3. The second-order valence-corrected chi connectivity index (χ2v) is 3.65. The van der Waals surface area contributed by atoms with E-state index in [1.807, 2.05) is 25.6 Å². The molecular formula is C11H16N4. The number of aryl methyl sites for hydroxylation is 3. The lowest BCUT2D eigenvalue weighted by Crippen LogP contribution is -1.98. The molecule has 0 fully saturated rings. The summed E-state index contributed by atoms with van der Waals surface area (Å²) in [4.78, 5) is 9.08. The molecule has 2 rings (SSSR count). The van der Waals surface area contributed by atoms with Crippen molar-refractivity contribution >= 4 is 16.9 Å². The van der Waals surface area contributed by atoms with Gasteiger partial charge in [-0.2, -0.15) is 0 Å². The summed E-state index contributed by atoms with van der Waals surface area (Å²) in [5.74, 6) is 0.988. The van der Waals surface area contributed by atoms with Gasteiger partial charge in [0, 0.05) is 19.8 Å². The lowest BCUT2D eigenvalue weighted by Gasteiger charge is -2.04. The van der Waals surface area contributed by atoms with Gasteiger partial charge >= 0.3 is 0 Å². The molecule has 2 aromatic heterocycles. The Morgan fingerprint density at radius 3 is 2.73 bits per heavy atom. The number of rotatable bonds is 2. The van der Waals surface area contributed by atoms with Crippen molar-refractivity contribution in [2.45, 2.75) is 20.3 Å². The van der Waals surface area contributed by atoms with E-state index in [9.17, 15) is 0 Å². The molecule has 0 atom stereocenters. The molecule has 0 aromatic carbocycles. The number of anilines is 1. The van der Waals surface area contributed by atoms with Crippen molar-refractivity contribution in [3.8, 4) is 0 Å². The summed E-state index contributed by atoms with van der Waals surface area (Å²) < 4.78 is 2.02. The van der Waals surface area contributed by atoms with Gasteiger partial charge in [0.15, 0.2) is 5.65 Å². The molecule has 0 aliphatic heterocycles. The first-order chi connectivity index (χ1) is 7.17. The van der Waals surface area contributed by atoms with Crippen molar-refractivity contribution < 1.29 is 0 Å². The van der Waals surface area contributed by atoms with Crippen LogP contribution in [0.15, 0.2) is 6.07 Å². The van der Waals surface area contributed by atoms with Crippen LogP contribution < -0.4 is 5.32 Å². The fourth-order valence-corrected chi connectivity index (χ4v) is 1.68. The minimum absolute atomic E-state index is 0.939. The highest BCUT2D eigenvalue weighted by molar-refractivity contribution is 5.86. The van der Waals surface area contributed by atoms with Gasteiger partial charge in [-0.05, 0) is 19.4 Å². The van der Waals surface area contributed by atoms with Crippen molar-refractivity contribution in [1.29, 1.82) is 0 Å². The van der Waals surface area contributed by atoms with Gasteiger partial charge < -0.3 is 9.88 Å². The topological polar surface area (TPSA) is 42.7 Å². The molecule has 2 heterocycles. The molecule has 0 aliphatic rings. The minimum Gasteiger partial charge on any atom is -0.386 e. The molecule has 4 heteroatoms. The third-order valence-corrected chi connectivity index (χ3v) is 2.74. The molecule has 4 nitrogen and oxygen atoms in total. The van der Waals surface area contributed by atoms with Crippen LogP contribution >= 0.6 is 0 Å². The third kappa shape index (κ3) is 1.46. The highest BCUT2D eigenvalue weighted by Gasteiger charge is 2.10. The van der Waals surface area contributed by atoms with Gasteiger partial charge in [-0.3, -0.25) is 0 Å². The maximum absolute atomic E-state index is 4.58. The average Bonchev–Trinajstić information content (AvgIpc) is 2.54. The Kier molecular flexibility index (Phi) is 2.34. The molecular weight excluding hydrogens is 188 g/mol. The van der Waals surface area contributed by atoms with Crippen LogP contribution in [0.4, 0.5) is 5.69 Å². The number of imidazole rings is 1. The zero-order chi connectivity index (χ0) is 11.0. The summed E-state index contributed by atoms with van der Waals surface area (Å²) in [6.45, 7) is 4.10. The summed E-state index contributed by atoms with van der Waals surface area (Å²) in [7, 11) is 3.91. The van der Waals surface area contributed by atoms with E-state index in [1.54, 1.807) is 0 Å². The lowest BCUT2D eigenvalue weighted by atomic mass is 10.2. The largest absolute Gasteiger partial charge is 0.386 e. The number of nitrogens with one attached hydrogen (secondary N) is 1. The molecule has 0 saturated heterocycles. The van der Waals surface area contributed by atoms with E-state index in [0.717, 1.165) is 34.8 Å². The highest BCUT2D eigenvalue weighted by Crippen LogP contribution is 2.22. The first kappa shape index (κ1) is 9.96. The van der Waals surface area contributed by atoms with E-state index in [2.05, 4.69) is 28.3 Å². The first-order valence-corrected chi connectivity index (χ1v) is 5.18. The fraction of sp³-hybridized carbons (Fsp3) is 0.455. The lowest BCUT2D eigenvalue weighted by molar-refractivity contribution is 0.868. The summed E-state index contributed by atoms with van der Waals surface area (Å²) in [5.41, 5.74) is 4.06. The Morgan fingerprint density at radius 1 is 1.40 bits per heavy atom. The summed E-state index contributed by atoms with van der Waals surface area (Å²) in [6.07, 6.45) is 0.939. The Labute approximate surface area is 89.3 Å². The normalized spacial score (nSPS) is 10.9. The van der Waals surface area contributed by atoms with Gasteiger partial charge in [0.1, 0.15) is 11.3 Å². The minimum atomic E-state index is 0.939. The van der Waals surface area contributed by atoms with Crippen molar-refractivity contribution in [2.75, 3.05) is 12.4 Å². The van der Waals surface area contributed by atoms with Crippen molar-refractivity contribution in [3.05, 3.63) is 17.6 Å². The van der Waals surface area contributed by atoms with Crippen LogP contribution in [0.3, 0.4) is 0 Å². The van der Waals surface area contributed by atoms with E-state index in [0.29, 0.717) is 0 Å². The van der Waals surface area contributed by atoms with E-state index in [4.69, 9.17) is 0 Å². The quantitative estimate of drug-likeness (QED) is 0.812. The first-order valence-electron chi connectivity index (χ1n) is 5.18. The molecule has 2 aromatic rings. The predicted molar refractivity (Wildman–Crippen MR) is 62.2 cm³/mol. The van der Waals surface area contributed by atoms with E-state index in [1.165, 1.54) is 0 Å². The smallest absolute Gasteiger partial charge is 0.162 e. The van der Waals surface area contributed by atoms with E-state index >= 15 is 0 Å². The molecule has 0 aliphatic carbocycles. The van der Waals surface area contributed by atoms with E-state index < -0.39 is 0 Å². The SMILES string of the molecule is CCc1cc(NC)c2nc(C)n(C)c2n1. The van der Waals surface area contributed by atoms with Crippen LogP contribution in [-0.4, -0.2) is 21.6 Å². The highest BCUT2D eigenvalue weighted by atomic mass is 15.1. The number of hydrogen-bond donors (Lipinski definition) is 1. The second kappa shape index (κ2) is 3.53. The van der Waals surface area contributed by atoms with Crippen molar-refractivity contribution in [2.24, 2.45) is 7.05 Å². The van der Waals surface area contributed by atoms with Gasteiger partial charge in [-0.1, -0.05) is 6.92 Å². The van der Waals surface area contributed by atoms with Gasteiger partial charge in [0.05, 0.1) is 5.69 Å². The number of hydrogen-bond acceptors (Lipinski definition) is 3. The molecule has 0 radical (unpaired) electrons. The molecule has 15 heavy (non-hydrogen) atoms. The summed E-state index contributed by atoms with van der Waals surface area (Å²) in [5, 5.41) is 3.17. The molecule has 0 saturated carbocycles. The van der Waals surface area contributed by atoms with Crippen LogP contribution in [0.25, 0.3) is 11.2 Å². The summed E-state index contributed by atoms with van der Waals surface area (Å²) in [6, 6.07) is 2.06.